The van der Waals surface area contributed by atoms with Crippen molar-refractivity contribution >= 4 is 36.4 Å². The zero-order valence-corrected chi connectivity index (χ0v) is 14.7. The van der Waals surface area contributed by atoms with Gasteiger partial charge < -0.3 is 15.4 Å². The molecular weight excluding hydrogens is 349 g/mol. The molecule has 1 atom stereocenters. The summed E-state index contributed by atoms with van der Waals surface area (Å²) >= 11 is 0. The molecule has 3 rings (SSSR count). The molecule has 0 bridgehead atoms. The number of aromatic nitrogens is 1. The minimum absolute atomic E-state index is 0. The minimum Gasteiger partial charge on any atom is -0.378 e. The highest BCUT2D eigenvalue weighted by Crippen LogP contribution is 2.13. The lowest BCUT2D eigenvalue weighted by molar-refractivity contribution is -0.120. The SMILES string of the molecule is Cl.Cl.O=C(Nc1ccc(Cc2ccncc2)cc1)C1COCCN1. The molecule has 0 aliphatic carbocycles. The topological polar surface area (TPSA) is 63.2 Å². The lowest BCUT2D eigenvalue weighted by Gasteiger charge is -2.22. The number of carbonyl (C=O) groups excluding carboxylic acids is 1. The van der Waals surface area contributed by atoms with Gasteiger partial charge in [-0.3, -0.25) is 9.78 Å². The summed E-state index contributed by atoms with van der Waals surface area (Å²) in [6, 6.07) is 11.7. The van der Waals surface area contributed by atoms with Crippen LogP contribution >= 0.6 is 24.8 Å². The monoisotopic (exact) mass is 369 g/mol. The Labute approximate surface area is 154 Å². The molecule has 2 N–H and O–H groups in total. The average molecular weight is 370 g/mol. The van der Waals surface area contributed by atoms with E-state index in [1.165, 1.54) is 11.1 Å². The molecule has 1 aromatic carbocycles. The first-order valence-corrected chi connectivity index (χ1v) is 7.41. The van der Waals surface area contributed by atoms with E-state index in [1.54, 1.807) is 12.4 Å². The first kappa shape index (κ1) is 20.4. The number of ether oxygens (including phenoxy) is 1. The number of hydrogen-bond donors (Lipinski definition) is 2. The first-order chi connectivity index (χ1) is 10.8. The van der Waals surface area contributed by atoms with Crippen LogP contribution in [0.15, 0.2) is 48.8 Å². The van der Waals surface area contributed by atoms with E-state index in [-0.39, 0.29) is 36.8 Å². The maximum Gasteiger partial charge on any atom is 0.243 e. The second-order valence-corrected chi connectivity index (χ2v) is 5.30. The number of anilines is 1. The van der Waals surface area contributed by atoms with Crippen molar-refractivity contribution in [1.82, 2.24) is 10.3 Å². The number of nitrogens with one attached hydrogen (secondary N) is 2. The molecule has 1 unspecified atom stereocenters. The van der Waals surface area contributed by atoms with Gasteiger partial charge in [0.05, 0.1) is 13.2 Å². The summed E-state index contributed by atoms with van der Waals surface area (Å²) in [4.78, 5) is 16.1. The average Bonchev–Trinajstić information content (AvgIpc) is 2.58. The first-order valence-electron chi connectivity index (χ1n) is 7.41. The van der Waals surface area contributed by atoms with Crippen LogP contribution in [0.3, 0.4) is 0 Å². The molecule has 0 saturated carbocycles. The van der Waals surface area contributed by atoms with Crippen LogP contribution in [-0.2, 0) is 16.0 Å². The summed E-state index contributed by atoms with van der Waals surface area (Å²) in [5.41, 5.74) is 3.22. The number of carbonyl (C=O) groups is 1. The van der Waals surface area contributed by atoms with E-state index in [2.05, 4.69) is 15.6 Å². The van der Waals surface area contributed by atoms with Crippen molar-refractivity contribution in [2.75, 3.05) is 25.1 Å². The Morgan fingerprint density at radius 1 is 1.12 bits per heavy atom. The van der Waals surface area contributed by atoms with Crippen molar-refractivity contribution in [1.29, 1.82) is 0 Å². The smallest absolute Gasteiger partial charge is 0.243 e. The van der Waals surface area contributed by atoms with Crippen LogP contribution in [0.2, 0.25) is 0 Å². The molecule has 0 radical (unpaired) electrons. The van der Waals surface area contributed by atoms with E-state index in [1.807, 2.05) is 36.4 Å². The van der Waals surface area contributed by atoms with Gasteiger partial charge in [0, 0.05) is 24.6 Å². The zero-order chi connectivity index (χ0) is 15.2. The fraction of sp³-hybridized carbons (Fsp3) is 0.294. The number of amides is 1. The van der Waals surface area contributed by atoms with Crippen molar-refractivity contribution in [3.8, 4) is 0 Å². The summed E-state index contributed by atoms with van der Waals surface area (Å²) in [6.07, 6.45) is 4.45. The maximum absolute atomic E-state index is 12.1. The standard InChI is InChI=1S/C17H19N3O2.2ClH/c21-17(16-12-22-10-9-19-16)20-15-3-1-13(2-4-15)11-14-5-7-18-8-6-14;;/h1-8,16,19H,9-12H2,(H,20,21);2*1H. The van der Waals surface area contributed by atoms with Gasteiger partial charge in [-0.15, -0.1) is 24.8 Å². The largest absolute Gasteiger partial charge is 0.378 e. The molecule has 130 valence electrons. The highest BCUT2D eigenvalue weighted by molar-refractivity contribution is 5.95. The van der Waals surface area contributed by atoms with Gasteiger partial charge in [0.1, 0.15) is 6.04 Å². The third-order valence-electron chi connectivity index (χ3n) is 3.62. The van der Waals surface area contributed by atoms with Crippen LogP contribution in [0.4, 0.5) is 5.69 Å². The summed E-state index contributed by atoms with van der Waals surface area (Å²) in [5.74, 6) is -0.0541. The van der Waals surface area contributed by atoms with Gasteiger partial charge in [0.25, 0.3) is 0 Å². The minimum atomic E-state index is -0.273. The van der Waals surface area contributed by atoms with Crippen LogP contribution in [-0.4, -0.2) is 36.7 Å². The second-order valence-electron chi connectivity index (χ2n) is 5.30. The van der Waals surface area contributed by atoms with E-state index >= 15 is 0 Å². The molecule has 1 saturated heterocycles. The summed E-state index contributed by atoms with van der Waals surface area (Å²) < 4.78 is 5.30. The van der Waals surface area contributed by atoms with Crippen LogP contribution in [0, 0.1) is 0 Å². The van der Waals surface area contributed by atoms with Gasteiger partial charge in [0.2, 0.25) is 5.91 Å². The highest BCUT2D eigenvalue weighted by atomic mass is 35.5. The Balaban J connectivity index is 0.00000144. The lowest BCUT2D eigenvalue weighted by atomic mass is 10.1. The predicted octanol–water partition coefficient (Wildman–Crippen LogP) is 2.44. The number of hydrogen-bond acceptors (Lipinski definition) is 4. The van der Waals surface area contributed by atoms with Crippen molar-refractivity contribution in [3.63, 3.8) is 0 Å². The molecule has 5 nitrogen and oxygen atoms in total. The molecule has 0 spiro atoms. The molecular formula is C17H21Cl2N3O2. The van der Waals surface area contributed by atoms with Gasteiger partial charge in [-0.25, -0.2) is 0 Å². The van der Waals surface area contributed by atoms with Crippen molar-refractivity contribution in [2.45, 2.75) is 12.5 Å². The van der Waals surface area contributed by atoms with E-state index < -0.39 is 0 Å². The molecule has 1 aromatic heterocycles. The lowest BCUT2D eigenvalue weighted by Crippen LogP contribution is -2.48. The van der Waals surface area contributed by atoms with Gasteiger partial charge in [-0.2, -0.15) is 0 Å². The van der Waals surface area contributed by atoms with Gasteiger partial charge in [0.15, 0.2) is 0 Å². The summed E-state index contributed by atoms with van der Waals surface area (Å²) in [5, 5.41) is 6.05. The highest BCUT2D eigenvalue weighted by Gasteiger charge is 2.20. The number of pyridine rings is 1. The number of rotatable bonds is 4. The molecule has 2 heterocycles. The van der Waals surface area contributed by atoms with E-state index in [9.17, 15) is 4.79 Å². The van der Waals surface area contributed by atoms with E-state index in [0.29, 0.717) is 19.8 Å². The van der Waals surface area contributed by atoms with Crippen LogP contribution in [0.25, 0.3) is 0 Å². The van der Waals surface area contributed by atoms with E-state index in [4.69, 9.17) is 4.74 Å². The second kappa shape index (κ2) is 10.3. The van der Waals surface area contributed by atoms with E-state index in [0.717, 1.165) is 12.1 Å². The van der Waals surface area contributed by atoms with Gasteiger partial charge in [-0.1, -0.05) is 12.1 Å². The molecule has 24 heavy (non-hydrogen) atoms. The molecule has 1 fully saturated rings. The van der Waals surface area contributed by atoms with Crippen molar-refractivity contribution in [3.05, 3.63) is 59.9 Å². The number of benzene rings is 1. The van der Waals surface area contributed by atoms with Crippen LogP contribution in [0.5, 0.6) is 0 Å². The molecule has 7 heteroatoms. The number of nitrogens with zero attached hydrogens (tertiary/aromatic N) is 1. The zero-order valence-electron chi connectivity index (χ0n) is 13.1. The Morgan fingerprint density at radius 3 is 2.42 bits per heavy atom. The fourth-order valence-electron chi connectivity index (χ4n) is 2.41. The predicted molar refractivity (Wildman–Crippen MR) is 99.2 cm³/mol. The Hall–Kier alpha value is -1.66. The Morgan fingerprint density at radius 2 is 1.79 bits per heavy atom. The molecule has 1 amide bonds. The molecule has 1 aliphatic heterocycles. The third-order valence-corrected chi connectivity index (χ3v) is 3.62. The Bertz CT molecular complexity index is 617. The maximum atomic E-state index is 12.1. The Kier molecular flexibility index (Phi) is 8.71. The summed E-state index contributed by atoms with van der Waals surface area (Å²) in [7, 11) is 0. The van der Waals surface area contributed by atoms with Gasteiger partial charge >= 0.3 is 0 Å². The van der Waals surface area contributed by atoms with Crippen LogP contribution in [0.1, 0.15) is 11.1 Å². The number of morpholine rings is 1. The molecule has 2 aromatic rings. The normalized spacial score (nSPS) is 16.4. The van der Waals surface area contributed by atoms with Crippen molar-refractivity contribution < 1.29 is 9.53 Å². The van der Waals surface area contributed by atoms with Crippen LogP contribution < -0.4 is 10.6 Å². The quantitative estimate of drug-likeness (QED) is 0.868. The van der Waals surface area contributed by atoms with Gasteiger partial charge in [-0.05, 0) is 41.8 Å². The fourth-order valence-corrected chi connectivity index (χ4v) is 2.41. The summed E-state index contributed by atoms with van der Waals surface area (Å²) in [6.45, 7) is 1.79. The third kappa shape index (κ3) is 5.76. The van der Waals surface area contributed by atoms with Crippen molar-refractivity contribution in [2.24, 2.45) is 0 Å². The molecule has 1 aliphatic rings. The number of halogens is 2.